The fourth-order valence-corrected chi connectivity index (χ4v) is 3.74. The second-order valence-corrected chi connectivity index (χ2v) is 7.20. The molecule has 3 nitrogen and oxygen atoms in total. The number of aromatic nitrogens is 3. The number of hydrogen-bond acceptors (Lipinski definition) is 3. The molecule has 0 atom stereocenters. The summed E-state index contributed by atoms with van der Waals surface area (Å²) in [6, 6.07) is 2.06. The lowest BCUT2D eigenvalue weighted by atomic mass is 10.3. The molecule has 0 saturated carbocycles. The number of unbranched alkanes of at least 4 members (excludes halogenated alkanes) is 1. The first-order valence-electron chi connectivity index (χ1n) is 5.24. The number of aromatic amines is 1. The van der Waals surface area contributed by atoms with Crippen LogP contribution in [0.15, 0.2) is 14.3 Å². The molecule has 2 aromatic heterocycles. The van der Waals surface area contributed by atoms with Crippen LogP contribution in [0, 0.1) is 4.77 Å². The van der Waals surface area contributed by atoms with Crippen LogP contribution in [0.3, 0.4) is 0 Å². The van der Waals surface area contributed by atoms with E-state index in [1.54, 1.807) is 11.3 Å². The summed E-state index contributed by atoms with van der Waals surface area (Å²) in [7, 11) is 0. The zero-order chi connectivity index (χ0) is 12.4. The van der Waals surface area contributed by atoms with Gasteiger partial charge < -0.3 is 0 Å². The van der Waals surface area contributed by atoms with Crippen molar-refractivity contribution in [1.29, 1.82) is 0 Å². The third kappa shape index (κ3) is 2.89. The maximum atomic E-state index is 5.25. The minimum Gasteiger partial charge on any atom is -0.299 e. The summed E-state index contributed by atoms with van der Waals surface area (Å²) in [5.41, 5.74) is 0. The second-order valence-electron chi connectivity index (χ2n) is 3.59. The van der Waals surface area contributed by atoms with Gasteiger partial charge in [0, 0.05) is 11.0 Å². The van der Waals surface area contributed by atoms with Gasteiger partial charge in [-0.25, -0.2) is 0 Å². The Kier molecular flexibility index (Phi) is 4.57. The molecule has 2 aromatic rings. The molecule has 7 heteroatoms. The molecule has 92 valence electrons. The highest BCUT2D eigenvalue weighted by Crippen LogP contribution is 2.37. The SMILES string of the molecule is CCCCn1c(-c2cc(Br)c(Br)s2)n[nH]c1=S. The first-order chi connectivity index (χ1) is 8.13. The lowest BCUT2D eigenvalue weighted by Gasteiger charge is -2.03. The van der Waals surface area contributed by atoms with E-state index in [4.69, 9.17) is 12.2 Å². The summed E-state index contributed by atoms with van der Waals surface area (Å²) >= 11 is 13.9. The highest BCUT2D eigenvalue weighted by molar-refractivity contribution is 9.13. The highest BCUT2D eigenvalue weighted by Gasteiger charge is 2.13. The Bertz CT molecular complexity index is 551. The number of H-pyrrole nitrogens is 1. The average molecular weight is 397 g/mol. The van der Waals surface area contributed by atoms with Crippen LogP contribution >= 0.6 is 55.4 Å². The molecule has 2 heterocycles. The van der Waals surface area contributed by atoms with Gasteiger partial charge in [0.05, 0.1) is 8.66 Å². The second kappa shape index (κ2) is 5.77. The van der Waals surface area contributed by atoms with Crippen molar-refractivity contribution in [2.75, 3.05) is 0 Å². The maximum Gasteiger partial charge on any atom is 0.195 e. The first kappa shape index (κ1) is 13.5. The molecule has 1 N–H and O–H groups in total. The number of nitrogens with zero attached hydrogens (tertiary/aromatic N) is 2. The van der Waals surface area contributed by atoms with Crippen molar-refractivity contribution in [3.05, 3.63) is 19.1 Å². The molecule has 0 spiro atoms. The van der Waals surface area contributed by atoms with Crippen LogP contribution in [0.2, 0.25) is 0 Å². The zero-order valence-corrected chi connectivity index (χ0v) is 14.0. The van der Waals surface area contributed by atoms with E-state index in [0.717, 1.165) is 38.3 Å². The minimum atomic E-state index is 0.689. The van der Waals surface area contributed by atoms with Crippen molar-refractivity contribution in [1.82, 2.24) is 14.8 Å². The summed E-state index contributed by atoms with van der Waals surface area (Å²) in [5.74, 6) is 0.917. The number of hydrogen-bond donors (Lipinski definition) is 1. The van der Waals surface area contributed by atoms with E-state index in [1.807, 2.05) is 0 Å². The third-order valence-corrected chi connectivity index (χ3v) is 5.92. The minimum absolute atomic E-state index is 0.689. The van der Waals surface area contributed by atoms with Crippen molar-refractivity contribution < 1.29 is 0 Å². The molecule has 0 amide bonds. The van der Waals surface area contributed by atoms with E-state index in [9.17, 15) is 0 Å². The largest absolute Gasteiger partial charge is 0.299 e. The Morgan fingerprint density at radius 2 is 2.29 bits per heavy atom. The van der Waals surface area contributed by atoms with Gasteiger partial charge in [0.25, 0.3) is 0 Å². The molecule has 2 rings (SSSR count). The molecule has 0 unspecified atom stereocenters. The summed E-state index contributed by atoms with van der Waals surface area (Å²) in [4.78, 5) is 1.10. The highest BCUT2D eigenvalue weighted by atomic mass is 79.9. The number of halogens is 2. The molecule has 0 aliphatic heterocycles. The molecular formula is C10H11Br2N3S2. The van der Waals surface area contributed by atoms with Crippen LogP contribution in [0.5, 0.6) is 0 Å². The third-order valence-electron chi connectivity index (χ3n) is 2.36. The molecule has 0 aliphatic carbocycles. The van der Waals surface area contributed by atoms with E-state index >= 15 is 0 Å². The van der Waals surface area contributed by atoms with Gasteiger partial charge in [-0.2, -0.15) is 5.10 Å². The monoisotopic (exact) mass is 395 g/mol. The van der Waals surface area contributed by atoms with Gasteiger partial charge in [0.2, 0.25) is 0 Å². The maximum absolute atomic E-state index is 5.25. The molecule has 0 radical (unpaired) electrons. The predicted molar refractivity (Wildman–Crippen MR) is 81.0 cm³/mol. The van der Waals surface area contributed by atoms with E-state index in [2.05, 4.69) is 59.6 Å². The molecule has 0 aromatic carbocycles. The average Bonchev–Trinajstić information content (AvgIpc) is 2.81. The van der Waals surface area contributed by atoms with Gasteiger partial charge in [0.1, 0.15) is 0 Å². The van der Waals surface area contributed by atoms with Crippen LogP contribution in [0.4, 0.5) is 0 Å². The molecule has 0 saturated heterocycles. The zero-order valence-electron chi connectivity index (χ0n) is 9.17. The van der Waals surface area contributed by atoms with Gasteiger partial charge in [-0.05, 0) is 56.6 Å². The molecule has 0 bridgehead atoms. The van der Waals surface area contributed by atoms with Crippen molar-refractivity contribution in [3.8, 4) is 10.7 Å². The van der Waals surface area contributed by atoms with Gasteiger partial charge in [0.15, 0.2) is 10.6 Å². The Labute approximate surface area is 126 Å². The van der Waals surface area contributed by atoms with Crippen LogP contribution in [0.1, 0.15) is 19.8 Å². The fraction of sp³-hybridized carbons (Fsp3) is 0.400. The first-order valence-corrected chi connectivity index (χ1v) is 8.05. The van der Waals surface area contributed by atoms with Crippen LogP contribution in [0.25, 0.3) is 10.7 Å². The quantitative estimate of drug-likeness (QED) is 0.738. The van der Waals surface area contributed by atoms with Crippen molar-refractivity contribution >= 4 is 55.4 Å². The standard InChI is InChI=1S/C10H11Br2N3S2/c1-2-3-4-15-9(13-14-10(15)16)7-5-6(11)8(12)17-7/h5H,2-4H2,1H3,(H,14,16). The van der Waals surface area contributed by atoms with Crippen molar-refractivity contribution in [3.63, 3.8) is 0 Å². The number of rotatable bonds is 4. The van der Waals surface area contributed by atoms with E-state index in [0.29, 0.717) is 4.77 Å². The van der Waals surface area contributed by atoms with E-state index < -0.39 is 0 Å². The Hall–Kier alpha value is 0.0200. The van der Waals surface area contributed by atoms with Crippen molar-refractivity contribution in [2.24, 2.45) is 0 Å². The summed E-state index contributed by atoms with van der Waals surface area (Å²) in [5, 5.41) is 7.17. The van der Waals surface area contributed by atoms with Gasteiger partial charge in [-0.1, -0.05) is 13.3 Å². The summed E-state index contributed by atoms with van der Waals surface area (Å²) in [6.45, 7) is 3.08. The molecule has 17 heavy (non-hydrogen) atoms. The summed E-state index contributed by atoms with van der Waals surface area (Å²) < 4.78 is 4.87. The van der Waals surface area contributed by atoms with E-state index in [1.165, 1.54) is 0 Å². The van der Waals surface area contributed by atoms with Crippen molar-refractivity contribution in [2.45, 2.75) is 26.3 Å². The number of thiophene rings is 1. The Morgan fingerprint density at radius 3 is 2.88 bits per heavy atom. The van der Waals surface area contributed by atoms with Crippen LogP contribution in [-0.4, -0.2) is 14.8 Å². The lowest BCUT2D eigenvalue weighted by molar-refractivity contribution is 0.629. The topological polar surface area (TPSA) is 33.6 Å². The van der Waals surface area contributed by atoms with E-state index in [-0.39, 0.29) is 0 Å². The Morgan fingerprint density at radius 1 is 1.53 bits per heavy atom. The molecular weight excluding hydrogens is 386 g/mol. The normalized spacial score (nSPS) is 11.0. The van der Waals surface area contributed by atoms with Crippen LogP contribution < -0.4 is 0 Å². The molecule has 0 aliphatic rings. The molecule has 0 fully saturated rings. The van der Waals surface area contributed by atoms with Gasteiger partial charge in [-0.15, -0.1) is 11.3 Å². The fourth-order valence-electron chi connectivity index (χ4n) is 1.49. The smallest absolute Gasteiger partial charge is 0.195 e. The number of nitrogens with one attached hydrogen (secondary N) is 1. The lowest BCUT2D eigenvalue weighted by Crippen LogP contribution is -1.99. The van der Waals surface area contributed by atoms with Crippen LogP contribution in [-0.2, 0) is 6.54 Å². The summed E-state index contributed by atoms with van der Waals surface area (Å²) in [6.07, 6.45) is 2.25. The van der Waals surface area contributed by atoms with Gasteiger partial charge >= 0.3 is 0 Å². The Balaban J connectivity index is 2.41. The van der Waals surface area contributed by atoms with Gasteiger partial charge in [-0.3, -0.25) is 9.67 Å². The predicted octanol–water partition coefficient (Wildman–Crippen LogP) is 4.99.